The van der Waals surface area contributed by atoms with Crippen molar-refractivity contribution >= 4 is 44.2 Å². The van der Waals surface area contributed by atoms with Crippen molar-refractivity contribution in [2.75, 3.05) is 18.4 Å². The van der Waals surface area contributed by atoms with Crippen molar-refractivity contribution in [1.82, 2.24) is 4.31 Å². The molecule has 1 fully saturated rings. The normalized spacial score (nSPS) is 15.4. The Bertz CT molecular complexity index is 862. The fourth-order valence-corrected chi connectivity index (χ4v) is 4.75. The van der Waals surface area contributed by atoms with Gasteiger partial charge in [0.1, 0.15) is 0 Å². The molecular formula is C17H17IN2O3S. The third-order valence-corrected chi connectivity index (χ3v) is 6.45. The van der Waals surface area contributed by atoms with Crippen LogP contribution in [-0.4, -0.2) is 31.7 Å². The van der Waals surface area contributed by atoms with Crippen molar-refractivity contribution in [3.05, 3.63) is 57.7 Å². The quantitative estimate of drug-likeness (QED) is 0.718. The number of hydrogen-bond donors (Lipinski definition) is 1. The van der Waals surface area contributed by atoms with Gasteiger partial charge >= 0.3 is 0 Å². The fourth-order valence-electron chi connectivity index (χ4n) is 2.64. The Morgan fingerprint density at radius 2 is 1.75 bits per heavy atom. The van der Waals surface area contributed by atoms with E-state index in [9.17, 15) is 13.2 Å². The number of sulfonamides is 1. The highest BCUT2D eigenvalue weighted by atomic mass is 127. The number of rotatable bonds is 4. The molecule has 126 valence electrons. The third kappa shape index (κ3) is 3.79. The molecule has 0 aromatic heterocycles. The molecule has 0 atom stereocenters. The molecule has 1 saturated heterocycles. The van der Waals surface area contributed by atoms with Crippen LogP contribution < -0.4 is 5.32 Å². The van der Waals surface area contributed by atoms with E-state index in [1.165, 1.54) is 10.4 Å². The molecule has 1 aliphatic rings. The van der Waals surface area contributed by atoms with E-state index in [1.54, 1.807) is 30.3 Å². The maximum atomic E-state index is 12.6. The van der Waals surface area contributed by atoms with E-state index >= 15 is 0 Å². The monoisotopic (exact) mass is 456 g/mol. The maximum Gasteiger partial charge on any atom is 0.255 e. The van der Waals surface area contributed by atoms with Gasteiger partial charge in [-0.1, -0.05) is 12.1 Å². The van der Waals surface area contributed by atoms with Gasteiger partial charge < -0.3 is 5.32 Å². The molecule has 2 aromatic carbocycles. The second kappa shape index (κ2) is 7.20. The van der Waals surface area contributed by atoms with Crippen LogP contribution in [0.4, 0.5) is 5.69 Å². The Kier molecular flexibility index (Phi) is 5.21. The highest BCUT2D eigenvalue weighted by Gasteiger charge is 2.27. The number of benzene rings is 2. The van der Waals surface area contributed by atoms with Crippen molar-refractivity contribution in [2.45, 2.75) is 17.7 Å². The van der Waals surface area contributed by atoms with E-state index in [4.69, 9.17) is 0 Å². The van der Waals surface area contributed by atoms with Crippen LogP contribution in [0.15, 0.2) is 53.4 Å². The Balaban J connectivity index is 1.82. The van der Waals surface area contributed by atoms with Crippen LogP contribution in [0.5, 0.6) is 0 Å². The third-order valence-electron chi connectivity index (χ3n) is 3.88. The molecule has 0 saturated carbocycles. The number of hydrogen-bond acceptors (Lipinski definition) is 3. The number of nitrogens with one attached hydrogen (secondary N) is 1. The summed E-state index contributed by atoms with van der Waals surface area (Å²) in [6.45, 7) is 1.11. The minimum atomic E-state index is -3.49. The number of carbonyl (C=O) groups is 1. The van der Waals surface area contributed by atoms with Crippen LogP contribution in [0.1, 0.15) is 23.2 Å². The van der Waals surface area contributed by atoms with Crippen LogP contribution in [0.2, 0.25) is 0 Å². The second-order valence-corrected chi connectivity index (χ2v) is 8.79. The molecular weight excluding hydrogens is 439 g/mol. The van der Waals surface area contributed by atoms with Crippen molar-refractivity contribution < 1.29 is 13.2 Å². The largest absolute Gasteiger partial charge is 0.322 e. The number of halogens is 1. The van der Waals surface area contributed by atoms with Crippen LogP contribution in [-0.2, 0) is 10.0 Å². The Hall–Kier alpha value is -1.45. The zero-order chi connectivity index (χ0) is 17.2. The summed E-state index contributed by atoms with van der Waals surface area (Å²) in [4.78, 5) is 12.5. The maximum absolute atomic E-state index is 12.6. The van der Waals surface area contributed by atoms with E-state index in [-0.39, 0.29) is 10.8 Å². The fraction of sp³-hybridized carbons (Fsp3) is 0.235. The standard InChI is InChI=1S/C17H17IN2O3S/c18-14-6-3-5-13(11-14)17(21)19-15-7-4-8-16(12-15)24(22,23)20-9-1-2-10-20/h3-8,11-12H,1-2,9-10H2,(H,19,21). The van der Waals surface area contributed by atoms with E-state index < -0.39 is 10.0 Å². The van der Waals surface area contributed by atoms with E-state index in [1.807, 2.05) is 12.1 Å². The van der Waals surface area contributed by atoms with Gasteiger partial charge in [-0.25, -0.2) is 8.42 Å². The molecule has 2 aromatic rings. The van der Waals surface area contributed by atoms with Crippen molar-refractivity contribution in [3.63, 3.8) is 0 Å². The van der Waals surface area contributed by atoms with Crippen molar-refractivity contribution in [2.24, 2.45) is 0 Å². The zero-order valence-corrected chi connectivity index (χ0v) is 15.9. The molecule has 0 unspecified atom stereocenters. The van der Waals surface area contributed by atoms with E-state index in [0.29, 0.717) is 24.3 Å². The second-order valence-electron chi connectivity index (χ2n) is 5.60. The first-order chi connectivity index (χ1) is 11.5. The molecule has 1 amide bonds. The lowest BCUT2D eigenvalue weighted by Gasteiger charge is -2.16. The lowest BCUT2D eigenvalue weighted by atomic mass is 10.2. The number of nitrogens with zero attached hydrogens (tertiary/aromatic N) is 1. The summed E-state index contributed by atoms with van der Waals surface area (Å²) < 4.78 is 27.7. The summed E-state index contributed by atoms with van der Waals surface area (Å²) in [5.74, 6) is -0.260. The number of amides is 1. The van der Waals surface area contributed by atoms with Gasteiger partial charge in [0.15, 0.2) is 0 Å². The Morgan fingerprint density at radius 1 is 1.04 bits per heavy atom. The molecule has 0 spiro atoms. The smallest absolute Gasteiger partial charge is 0.255 e. The molecule has 0 radical (unpaired) electrons. The van der Waals surface area contributed by atoms with Crippen LogP contribution in [0.25, 0.3) is 0 Å². The first-order valence-electron chi connectivity index (χ1n) is 7.64. The van der Waals surface area contributed by atoms with Gasteiger partial charge in [-0.2, -0.15) is 4.31 Å². The Labute approximate surface area is 155 Å². The zero-order valence-electron chi connectivity index (χ0n) is 12.9. The van der Waals surface area contributed by atoms with Gasteiger partial charge in [-0.15, -0.1) is 0 Å². The van der Waals surface area contributed by atoms with Gasteiger partial charge in [0.2, 0.25) is 10.0 Å². The molecule has 0 bridgehead atoms. The molecule has 1 heterocycles. The van der Waals surface area contributed by atoms with Crippen LogP contribution in [0, 0.1) is 3.57 Å². The van der Waals surface area contributed by atoms with E-state index in [2.05, 4.69) is 27.9 Å². The lowest BCUT2D eigenvalue weighted by Crippen LogP contribution is -2.27. The molecule has 7 heteroatoms. The first-order valence-corrected chi connectivity index (χ1v) is 10.2. The van der Waals surface area contributed by atoms with Gasteiger partial charge in [-0.05, 0) is 71.8 Å². The van der Waals surface area contributed by atoms with Crippen molar-refractivity contribution in [3.8, 4) is 0 Å². The van der Waals surface area contributed by atoms with E-state index in [0.717, 1.165) is 16.4 Å². The molecule has 1 aliphatic heterocycles. The molecule has 1 N–H and O–H groups in total. The summed E-state index contributed by atoms with van der Waals surface area (Å²) in [7, 11) is -3.49. The van der Waals surface area contributed by atoms with Crippen LogP contribution in [0.3, 0.4) is 0 Å². The summed E-state index contributed by atoms with van der Waals surface area (Å²) in [6, 6.07) is 13.6. The summed E-state index contributed by atoms with van der Waals surface area (Å²) >= 11 is 2.14. The van der Waals surface area contributed by atoms with Gasteiger partial charge in [0, 0.05) is 27.9 Å². The predicted octanol–water partition coefficient (Wildman–Crippen LogP) is 3.33. The molecule has 24 heavy (non-hydrogen) atoms. The minimum absolute atomic E-state index is 0.213. The Morgan fingerprint density at radius 3 is 2.46 bits per heavy atom. The summed E-state index contributed by atoms with van der Waals surface area (Å²) in [6.07, 6.45) is 1.78. The van der Waals surface area contributed by atoms with Gasteiger partial charge in [0.25, 0.3) is 5.91 Å². The topological polar surface area (TPSA) is 66.5 Å². The molecule has 3 rings (SSSR count). The summed E-state index contributed by atoms with van der Waals surface area (Å²) in [5, 5.41) is 2.76. The highest BCUT2D eigenvalue weighted by molar-refractivity contribution is 14.1. The van der Waals surface area contributed by atoms with Crippen molar-refractivity contribution in [1.29, 1.82) is 0 Å². The number of anilines is 1. The average Bonchev–Trinajstić information content (AvgIpc) is 3.10. The first kappa shape index (κ1) is 17.4. The summed E-state index contributed by atoms with van der Waals surface area (Å²) in [5.41, 5.74) is 1.01. The lowest BCUT2D eigenvalue weighted by molar-refractivity contribution is 0.102. The van der Waals surface area contributed by atoms with Crippen LogP contribution >= 0.6 is 22.6 Å². The van der Waals surface area contributed by atoms with Gasteiger partial charge in [0.05, 0.1) is 4.90 Å². The SMILES string of the molecule is O=C(Nc1cccc(S(=O)(=O)N2CCCC2)c1)c1cccc(I)c1. The average molecular weight is 456 g/mol. The minimum Gasteiger partial charge on any atom is -0.322 e. The molecule has 0 aliphatic carbocycles. The highest BCUT2D eigenvalue weighted by Crippen LogP contribution is 2.23. The predicted molar refractivity (Wildman–Crippen MR) is 102 cm³/mol. The number of carbonyl (C=O) groups excluding carboxylic acids is 1. The molecule has 5 nitrogen and oxygen atoms in total. The van der Waals surface area contributed by atoms with Gasteiger partial charge in [-0.3, -0.25) is 4.79 Å².